The molecule has 3 N–H and O–H groups in total. The molecule has 0 saturated carbocycles. The Hall–Kier alpha value is -4.04. The average Bonchev–Trinajstić information content (AvgIpc) is 3.17. The van der Waals surface area contributed by atoms with Crippen molar-refractivity contribution in [1.29, 1.82) is 0 Å². The number of aromatic carboxylic acids is 1. The summed E-state index contributed by atoms with van der Waals surface area (Å²) < 4.78 is 10.5. The molecular weight excluding hydrogens is 472 g/mol. The molecule has 0 aromatic heterocycles. The van der Waals surface area contributed by atoms with Gasteiger partial charge in [-0.2, -0.15) is 0 Å². The van der Waals surface area contributed by atoms with E-state index in [-0.39, 0.29) is 34.5 Å². The maximum Gasteiger partial charge on any atom is 0.407 e. The van der Waals surface area contributed by atoms with Crippen LogP contribution >= 0.6 is 11.6 Å². The van der Waals surface area contributed by atoms with E-state index in [2.05, 4.69) is 10.6 Å². The number of anilines is 1. The second kappa shape index (κ2) is 10.1. The predicted octanol–water partition coefficient (Wildman–Crippen LogP) is 4.91. The normalized spacial score (nSPS) is 12.8. The second-order valence-corrected chi connectivity index (χ2v) is 8.43. The van der Waals surface area contributed by atoms with Gasteiger partial charge in [0.2, 0.25) is 5.91 Å². The molecule has 2 amide bonds. The van der Waals surface area contributed by atoms with Gasteiger partial charge in [-0.05, 0) is 35.2 Å². The van der Waals surface area contributed by atoms with Crippen LogP contribution in [0.2, 0.25) is 5.02 Å². The molecule has 3 aromatic carbocycles. The summed E-state index contributed by atoms with van der Waals surface area (Å²) in [6.45, 7) is 1.61. The molecule has 0 bridgehead atoms. The summed E-state index contributed by atoms with van der Waals surface area (Å²) >= 11 is 6.12. The highest BCUT2D eigenvalue weighted by Gasteiger charge is 2.29. The fourth-order valence-corrected chi connectivity index (χ4v) is 4.32. The summed E-state index contributed by atoms with van der Waals surface area (Å²) in [6.07, 6.45) is -0.737. The Morgan fingerprint density at radius 2 is 1.63 bits per heavy atom. The van der Waals surface area contributed by atoms with E-state index in [0.29, 0.717) is 0 Å². The smallest absolute Gasteiger partial charge is 0.407 e. The third kappa shape index (κ3) is 4.93. The monoisotopic (exact) mass is 494 g/mol. The molecule has 9 heteroatoms. The van der Waals surface area contributed by atoms with Gasteiger partial charge in [0.1, 0.15) is 24.0 Å². The van der Waals surface area contributed by atoms with Crippen LogP contribution in [0.25, 0.3) is 11.1 Å². The Balaban J connectivity index is 1.38. The number of methoxy groups -OCH3 is 1. The lowest BCUT2D eigenvalue weighted by Gasteiger charge is -2.18. The van der Waals surface area contributed by atoms with Crippen LogP contribution in [0, 0.1) is 0 Å². The van der Waals surface area contributed by atoms with Crippen molar-refractivity contribution >= 4 is 35.3 Å². The van der Waals surface area contributed by atoms with E-state index in [0.717, 1.165) is 22.3 Å². The first kappa shape index (κ1) is 24.1. The van der Waals surface area contributed by atoms with E-state index in [1.165, 1.54) is 26.2 Å². The van der Waals surface area contributed by atoms with Gasteiger partial charge in [0.05, 0.1) is 17.8 Å². The number of halogens is 1. The number of carboxylic acid groups (broad SMARTS) is 1. The standard InChI is InChI=1S/C26H23ClN2O6/c1-14(24(30)29-22-12-23(34-2)19(25(31)32)11-21(22)27)28-26(33)35-13-20-17-9-5-3-7-15(17)16-8-4-6-10-18(16)20/h3-12,14,20H,13H2,1-2H3,(H,28,33)(H,29,30)(H,31,32)/t14-/m0/s1. The molecular formula is C26H23ClN2O6. The fourth-order valence-electron chi connectivity index (χ4n) is 4.11. The van der Waals surface area contributed by atoms with E-state index in [1.54, 1.807) is 0 Å². The first-order valence-electron chi connectivity index (χ1n) is 10.8. The summed E-state index contributed by atoms with van der Waals surface area (Å²) in [4.78, 5) is 36.4. The van der Waals surface area contributed by atoms with Gasteiger partial charge in [0, 0.05) is 12.0 Å². The van der Waals surface area contributed by atoms with Gasteiger partial charge in [-0.3, -0.25) is 4.79 Å². The van der Waals surface area contributed by atoms with Crippen molar-refractivity contribution in [2.45, 2.75) is 18.9 Å². The molecule has 0 fully saturated rings. The van der Waals surface area contributed by atoms with Gasteiger partial charge < -0.3 is 25.2 Å². The highest BCUT2D eigenvalue weighted by molar-refractivity contribution is 6.34. The first-order chi connectivity index (χ1) is 16.8. The zero-order valence-corrected chi connectivity index (χ0v) is 19.8. The maximum absolute atomic E-state index is 12.6. The van der Waals surface area contributed by atoms with Gasteiger partial charge in [-0.15, -0.1) is 0 Å². The third-order valence-corrected chi connectivity index (χ3v) is 6.16. The van der Waals surface area contributed by atoms with Crippen LogP contribution in [0.5, 0.6) is 5.75 Å². The first-order valence-corrected chi connectivity index (χ1v) is 11.2. The van der Waals surface area contributed by atoms with Crippen molar-refractivity contribution in [1.82, 2.24) is 5.32 Å². The molecule has 0 saturated heterocycles. The molecule has 1 aliphatic rings. The van der Waals surface area contributed by atoms with Crippen molar-refractivity contribution < 1.29 is 29.0 Å². The molecule has 180 valence electrons. The van der Waals surface area contributed by atoms with Gasteiger partial charge in [-0.25, -0.2) is 9.59 Å². The van der Waals surface area contributed by atoms with Crippen LogP contribution in [-0.2, 0) is 9.53 Å². The van der Waals surface area contributed by atoms with E-state index >= 15 is 0 Å². The Labute approximate surface area is 206 Å². The molecule has 0 spiro atoms. The second-order valence-electron chi connectivity index (χ2n) is 8.02. The highest BCUT2D eigenvalue weighted by Crippen LogP contribution is 2.44. The van der Waals surface area contributed by atoms with E-state index in [1.807, 2.05) is 48.5 Å². The van der Waals surface area contributed by atoms with Crippen LogP contribution in [0.15, 0.2) is 60.7 Å². The van der Waals surface area contributed by atoms with E-state index in [4.69, 9.17) is 21.1 Å². The van der Waals surface area contributed by atoms with Crippen LogP contribution in [0.1, 0.15) is 34.3 Å². The molecule has 0 radical (unpaired) electrons. The molecule has 0 heterocycles. The summed E-state index contributed by atoms with van der Waals surface area (Å²) in [5.41, 5.74) is 4.42. The molecule has 0 unspecified atom stereocenters. The van der Waals surface area contributed by atoms with E-state index in [9.17, 15) is 19.5 Å². The minimum absolute atomic E-state index is 0.0184. The number of rotatable bonds is 7. The van der Waals surface area contributed by atoms with Crippen molar-refractivity contribution in [3.63, 3.8) is 0 Å². The zero-order valence-electron chi connectivity index (χ0n) is 19.0. The maximum atomic E-state index is 12.6. The Morgan fingerprint density at radius 1 is 1.03 bits per heavy atom. The lowest BCUT2D eigenvalue weighted by molar-refractivity contribution is -0.117. The number of hydrogen-bond donors (Lipinski definition) is 3. The highest BCUT2D eigenvalue weighted by atomic mass is 35.5. The van der Waals surface area contributed by atoms with E-state index < -0.39 is 24.0 Å². The van der Waals surface area contributed by atoms with Gasteiger partial charge in [0.25, 0.3) is 0 Å². The molecule has 35 heavy (non-hydrogen) atoms. The number of carboxylic acids is 1. The molecule has 3 aromatic rings. The number of nitrogens with one attached hydrogen (secondary N) is 2. The number of carbonyl (C=O) groups is 3. The zero-order chi connectivity index (χ0) is 25.1. The van der Waals surface area contributed by atoms with Crippen LogP contribution < -0.4 is 15.4 Å². The molecule has 1 aliphatic carbocycles. The minimum atomic E-state index is -1.22. The topological polar surface area (TPSA) is 114 Å². The van der Waals surface area contributed by atoms with Gasteiger partial charge in [0.15, 0.2) is 0 Å². The number of amides is 2. The molecule has 0 aliphatic heterocycles. The molecule has 1 atom stereocenters. The van der Waals surface area contributed by atoms with Crippen molar-refractivity contribution in [3.05, 3.63) is 82.4 Å². The number of carbonyl (C=O) groups excluding carboxylic acids is 2. The van der Waals surface area contributed by atoms with Crippen molar-refractivity contribution in [2.24, 2.45) is 0 Å². The van der Waals surface area contributed by atoms with Gasteiger partial charge >= 0.3 is 12.1 Å². The third-order valence-electron chi connectivity index (χ3n) is 5.85. The van der Waals surface area contributed by atoms with Crippen molar-refractivity contribution in [2.75, 3.05) is 19.0 Å². The lowest BCUT2D eigenvalue weighted by atomic mass is 9.98. The number of benzene rings is 3. The van der Waals surface area contributed by atoms with Crippen LogP contribution in [-0.4, -0.2) is 42.8 Å². The largest absolute Gasteiger partial charge is 0.496 e. The Kier molecular flexibility index (Phi) is 6.93. The van der Waals surface area contributed by atoms with Crippen LogP contribution in [0.4, 0.5) is 10.5 Å². The number of ether oxygens (including phenoxy) is 2. The summed E-state index contributed by atoms with van der Waals surface area (Å²) in [7, 11) is 1.31. The number of alkyl carbamates (subject to hydrolysis) is 1. The Bertz CT molecular complexity index is 1260. The summed E-state index contributed by atoms with van der Waals surface area (Å²) in [5, 5.41) is 14.3. The summed E-state index contributed by atoms with van der Waals surface area (Å²) in [6, 6.07) is 17.5. The molecule has 4 rings (SSSR count). The Morgan fingerprint density at radius 3 is 2.20 bits per heavy atom. The number of hydrogen-bond acceptors (Lipinski definition) is 5. The van der Waals surface area contributed by atoms with Crippen molar-refractivity contribution in [3.8, 4) is 16.9 Å². The number of fused-ring (bicyclic) bond motifs is 3. The summed E-state index contributed by atoms with van der Waals surface area (Å²) in [5.74, 6) is -1.84. The lowest BCUT2D eigenvalue weighted by Crippen LogP contribution is -2.42. The molecule has 8 nitrogen and oxygen atoms in total. The fraction of sp³-hybridized carbons (Fsp3) is 0.192. The quantitative estimate of drug-likeness (QED) is 0.430. The SMILES string of the molecule is COc1cc(NC(=O)[C@H](C)NC(=O)OCC2c3ccccc3-c3ccccc32)c(Cl)cc1C(=O)O. The average molecular weight is 495 g/mol. The predicted molar refractivity (Wildman–Crippen MR) is 131 cm³/mol. The minimum Gasteiger partial charge on any atom is -0.496 e. The van der Waals surface area contributed by atoms with Crippen LogP contribution in [0.3, 0.4) is 0 Å². The van der Waals surface area contributed by atoms with Gasteiger partial charge in [-0.1, -0.05) is 60.1 Å².